The van der Waals surface area contributed by atoms with Gasteiger partial charge in [-0.05, 0) is 18.2 Å². The van der Waals surface area contributed by atoms with Crippen molar-refractivity contribution in [3.05, 3.63) is 42.2 Å². The van der Waals surface area contributed by atoms with E-state index in [1.807, 2.05) is 0 Å². The van der Waals surface area contributed by atoms with Crippen molar-refractivity contribution in [2.45, 2.75) is 0 Å². The summed E-state index contributed by atoms with van der Waals surface area (Å²) in [4.78, 5) is 11.2. The Balaban J connectivity index is 2.80. The zero-order chi connectivity index (χ0) is 10.6. The van der Waals surface area contributed by atoms with Gasteiger partial charge in [0.2, 0.25) is 0 Å². The maximum atomic E-state index is 12.9. The second-order valence-electron chi connectivity index (χ2n) is 2.62. The van der Waals surface area contributed by atoms with Crippen LogP contribution in [0, 0.1) is 5.82 Å². The molecule has 0 atom stereocenters. The Morgan fingerprint density at radius 2 is 2.36 bits per heavy atom. The molecule has 0 amide bonds. The first-order chi connectivity index (χ1) is 6.65. The quantitative estimate of drug-likeness (QED) is 0.454. The summed E-state index contributed by atoms with van der Waals surface area (Å²) in [6, 6.07) is 3.77. The second-order valence-corrected chi connectivity index (χ2v) is 2.62. The molecule has 0 saturated carbocycles. The molecule has 0 unspecified atom stereocenters. The molecule has 0 fully saturated rings. The average molecular weight is 195 g/mol. The van der Waals surface area contributed by atoms with Crippen LogP contribution in [0.15, 0.2) is 30.9 Å². The van der Waals surface area contributed by atoms with Crippen LogP contribution in [-0.4, -0.2) is 12.6 Å². The van der Waals surface area contributed by atoms with Gasteiger partial charge in [0.05, 0.1) is 11.3 Å². The van der Waals surface area contributed by atoms with Gasteiger partial charge in [-0.3, -0.25) is 0 Å². The number of rotatable bonds is 3. The van der Waals surface area contributed by atoms with E-state index in [9.17, 15) is 9.18 Å². The van der Waals surface area contributed by atoms with Crippen molar-refractivity contribution in [1.29, 1.82) is 0 Å². The van der Waals surface area contributed by atoms with E-state index in [1.165, 1.54) is 18.2 Å². The van der Waals surface area contributed by atoms with Crippen LogP contribution < -0.4 is 5.73 Å². The van der Waals surface area contributed by atoms with Crippen LogP contribution >= 0.6 is 0 Å². The molecule has 0 radical (unpaired) electrons. The highest BCUT2D eigenvalue weighted by Crippen LogP contribution is 2.12. The van der Waals surface area contributed by atoms with Gasteiger partial charge in [0.15, 0.2) is 0 Å². The lowest BCUT2D eigenvalue weighted by Crippen LogP contribution is -2.06. The summed E-state index contributed by atoms with van der Waals surface area (Å²) < 4.78 is 17.6. The number of carbonyl (C=O) groups excluding carboxylic acids is 1. The largest absolute Gasteiger partial charge is 0.458 e. The zero-order valence-electron chi connectivity index (χ0n) is 7.50. The highest BCUT2D eigenvalue weighted by atomic mass is 19.1. The lowest BCUT2D eigenvalue weighted by Gasteiger charge is -2.02. The molecule has 74 valence electrons. The zero-order valence-corrected chi connectivity index (χ0v) is 7.50. The van der Waals surface area contributed by atoms with Crippen molar-refractivity contribution < 1.29 is 13.9 Å². The summed E-state index contributed by atoms with van der Waals surface area (Å²) in [6.45, 7) is 3.49. The van der Waals surface area contributed by atoms with E-state index >= 15 is 0 Å². The van der Waals surface area contributed by atoms with E-state index in [-0.39, 0.29) is 17.9 Å². The number of hydrogen-bond donors (Lipinski definition) is 1. The molecule has 1 aromatic carbocycles. The highest BCUT2D eigenvalue weighted by molar-refractivity contribution is 5.89. The van der Waals surface area contributed by atoms with Crippen molar-refractivity contribution in [1.82, 2.24) is 0 Å². The van der Waals surface area contributed by atoms with Gasteiger partial charge < -0.3 is 10.5 Å². The Bertz CT molecular complexity index is 363. The average Bonchev–Trinajstić information content (AvgIpc) is 2.18. The lowest BCUT2D eigenvalue weighted by atomic mass is 10.2. The number of benzene rings is 1. The number of carbonyl (C=O) groups is 1. The highest BCUT2D eigenvalue weighted by Gasteiger charge is 2.08. The predicted octanol–water partition coefficient (Wildman–Crippen LogP) is 1.75. The number of halogens is 1. The minimum absolute atomic E-state index is 0.00488. The maximum Gasteiger partial charge on any atom is 0.338 e. The number of ether oxygens (including phenoxy) is 1. The standard InChI is InChI=1S/C10H10FNO2/c1-2-5-14-10(13)7-3-4-9(12)8(11)6-7/h2-4,6H,1,5,12H2. The topological polar surface area (TPSA) is 52.3 Å². The lowest BCUT2D eigenvalue weighted by molar-refractivity contribution is 0.0549. The molecule has 14 heavy (non-hydrogen) atoms. The fraction of sp³-hybridized carbons (Fsp3) is 0.100. The molecular weight excluding hydrogens is 185 g/mol. The summed E-state index contributed by atoms with van der Waals surface area (Å²) in [5, 5.41) is 0. The van der Waals surface area contributed by atoms with Crippen LogP contribution in [0.2, 0.25) is 0 Å². The number of hydrogen-bond acceptors (Lipinski definition) is 3. The number of anilines is 1. The van der Waals surface area contributed by atoms with Gasteiger partial charge in [0.25, 0.3) is 0 Å². The third-order valence-electron chi connectivity index (χ3n) is 1.57. The molecule has 0 aliphatic carbocycles. The van der Waals surface area contributed by atoms with Crippen molar-refractivity contribution in [2.24, 2.45) is 0 Å². The first kappa shape index (κ1) is 10.2. The van der Waals surface area contributed by atoms with Crippen molar-refractivity contribution in [2.75, 3.05) is 12.3 Å². The molecule has 0 aromatic heterocycles. The van der Waals surface area contributed by atoms with Gasteiger partial charge in [-0.15, -0.1) is 0 Å². The second kappa shape index (κ2) is 4.41. The van der Waals surface area contributed by atoms with E-state index in [1.54, 1.807) is 0 Å². The molecule has 1 rings (SSSR count). The van der Waals surface area contributed by atoms with E-state index in [4.69, 9.17) is 10.5 Å². The fourth-order valence-corrected chi connectivity index (χ4v) is 0.872. The summed E-state index contributed by atoms with van der Waals surface area (Å²) in [6.07, 6.45) is 1.44. The van der Waals surface area contributed by atoms with Crippen LogP contribution in [0.5, 0.6) is 0 Å². The Labute approximate surface area is 81.0 Å². The smallest absolute Gasteiger partial charge is 0.338 e. The molecule has 2 N–H and O–H groups in total. The molecular formula is C10H10FNO2. The third-order valence-corrected chi connectivity index (χ3v) is 1.57. The molecule has 4 heteroatoms. The molecule has 0 aliphatic rings. The normalized spacial score (nSPS) is 9.50. The Morgan fingerprint density at radius 3 is 2.93 bits per heavy atom. The summed E-state index contributed by atoms with van der Waals surface area (Å²) in [5.41, 5.74) is 5.39. The maximum absolute atomic E-state index is 12.9. The van der Waals surface area contributed by atoms with Crippen molar-refractivity contribution in [3.63, 3.8) is 0 Å². The molecule has 0 heterocycles. The minimum atomic E-state index is -0.627. The van der Waals surface area contributed by atoms with Crippen LogP contribution in [0.4, 0.5) is 10.1 Å². The molecule has 0 aliphatic heterocycles. The number of esters is 1. The molecule has 0 saturated heterocycles. The van der Waals surface area contributed by atoms with E-state index < -0.39 is 11.8 Å². The minimum Gasteiger partial charge on any atom is -0.458 e. The SMILES string of the molecule is C=CCOC(=O)c1ccc(N)c(F)c1. The first-order valence-electron chi connectivity index (χ1n) is 3.98. The van der Waals surface area contributed by atoms with Crippen LogP contribution in [0.25, 0.3) is 0 Å². The van der Waals surface area contributed by atoms with Crippen LogP contribution in [0.1, 0.15) is 10.4 Å². The van der Waals surface area contributed by atoms with Crippen molar-refractivity contribution >= 4 is 11.7 Å². The third kappa shape index (κ3) is 2.32. The van der Waals surface area contributed by atoms with Crippen molar-refractivity contribution in [3.8, 4) is 0 Å². The van der Waals surface area contributed by atoms with E-state index in [2.05, 4.69) is 6.58 Å². The van der Waals surface area contributed by atoms with Gasteiger partial charge >= 0.3 is 5.97 Å². The molecule has 1 aromatic rings. The molecule has 0 spiro atoms. The predicted molar refractivity (Wildman–Crippen MR) is 51.3 cm³/mol. The number of nitrogen functional groups attached to an aromatic ring is 1. The Kier molecular flexibility index (Phi) is 3.23. The summed E-state index contributed by atoms with van der Waals surface area (Å²) in [5.74, 6) is -1.22. The number of nitrogens with two attached hydrogens (primary N) is 1. The summed E-state index contributed by atoms with van der Waals surface area (Å²) in [7, 11) is 0. The van der Waals surface area contributed by atoms with Gasteiger partial charge in [-0.25, -0.2) is 9.18 Å². The molecule has 3 nitrogen and oxygen atoms in total. The Hall–Kier alpha value is -1.84. The van der Waals surface area contributed by atoms with Gasteiger partial charge in [-0.2, -0.15) is 0 Å². The van der Waals surface area contributed by atoms with Gasteiger partial charge in [0.1, 0.15) is 12.4 Å². The first-order valence-corrected chi connectivity index (χ1v) is 3.98. The van der Waals surface area contributed by atoms with Gasteiger partial charge in [0, 0.05) is 0 Å². The molecule has 0 bridgehead atoms. The summed E-state index contributed by atoms with van der Waals surface area (Å²) >= 11 is 0. The van der Waals surface area contributed by atoms with E-state index in [0.717, 1.165) is 6.07 Å². The van der Waals surface area contributed by atoms with Gasteiger partial charge in [-0.1, -0.05) is 12.7 Å². The Morgan fingerprint density at radius 1 is 1.64 bits per heavy atom. The van der Waals surface area contributed by atoms with Crippen LogP contribution in [0.3, 0.4) is 0 Å². The fourth-order valence-electron chi connectivity index (χ4n) is 0.872. The van der Waals surface area contributed by atoms with E-state index in [0.29, 0.717) is 0 Å². The van der Waals surface area contributed by atoms with Crippen LogP contribution in [-0.2, 0) is 4.74 Å². The monoisotopic (exact) mass is 195 g/mol.